The number of esters is 1. The zero-order valence-electron chi connectivity index (χ0n) is 16.2. The van der Waals surface area contributed by atoms with E-state index in [0.717, 1.165) is 33.2 Å². The molecule has 1 N–H and O–H groups in total. The van der Waals surface area contributed by atoms with Gasteiger partial charge in [-0.25, -0.2) is 0 Å². The summed E-state index contributed by atoms with van der Waals surface area (Å²) in [5.41, 5.74) is 4.55. The number of carbonyl (C=O) groups is 2. The fourth-order valence-corrected chi connectivity index (χ4v) is 3.18. The second-order valence-electron chi connectivity index (χ2n) is 6.95. The van der Waals surface area contributed by atoms with Crippen LogP contribution in [0.2, 0.25) is 0 Å². The fourth-order valence-electron chi connectivity index (χ4n) is 3.18. The highest BCUT2D eigenvalue weighted by molar-refractivity contribution is 5.89. The molecule has 1 aliphatic rings. The molecule has 29 heavy (non-hydrogen) atoms. The molecule has 2 heterocycles. The lowest BCUT2D eigenvalue weighted by Gasteiger charge is -2.07. The van der Waals surface area contributed by atoms with Gasteiger partial charge in [0.15, 0.2) is 18.1 Å². The number of carbonyl (C=O) groups excluding carboxylic acids is 2. The molecule has 0 saturated carbocycles. The second kappa shape index (κ2) is 7.87. The van der Waals surface area contributed by atoms with Gasteiger partial charge >= 0.3 is 5.97 Å². The first-order valence-electron chi connectivity index (χ1n) is 9.28. The molecule has 3 aromatic rings. The normalized spacial score (nSPS) is 12.2. The summed E-state index contributed by atoms with van der Waals surface area (Å²) >= 11 is 0. The lowest BCUT2D eigenvalue weighted by Crippen LogP contribution is -2.28. The monoisotopic (exact) mass is 395 g/mol. The lowest BCUT2D eigenvalue weighted by molar-refractivity contribution is -0.147. The molecular weight excluding hydrogens is 374 g/mol. The third-order valence-corrected chi connectivity index (χ3v) is 4.97. The molecule has 0 bridgehead atoms. The maximum absolute atomic E-state index is 12.1. The van der Waals surface area contributed by atoms with Crippen molar-refractivity contribution in [2.24, 2.45) is 0 Å². The molecule has 7 heteroatoms. The highest BCUT2D eigenvalue weighted by atomic mass is 16.7. The van der Waals surface area contributed by atoms with Crippen molar-refractivity contribution < 1.29 is 28.2 Å². The number of amides is 1. The van der Waals surface area contributed by atoms with E-state index in [0.29, 0.717) is 18.0 Å². The Hall–Kier alpha value is -3.48. The van der Waals surface area contributed by atoms with Crippen LogP contribution in [0.3, 0.4) is 0 Å². The van der Waals surface area contributed by atoms with Crippen LogP contribution >= 0.6 is 0 Å². The SMILES string of the molecule is Cc1ccc2c(CC(=O)OCC(=O)NCc3ccc4c(c3)OCO4)coc2c1C. The average Bonchev–Trinajstić information content (AvgIpc) is 3.34. The first-order valence-corrected chi connectivity index (χ1v) is 9.28. The Morgan fingerprint density at radius 1 is 1.10 bits per heavy atom. The summed E-state index contributed by atoms with van der Waals surface area (Å²) in [5, 5.41) is 3.60. The van der Waals surface area contributed by atoms with Gasteiger partial charge in [-0.05, 0) is 42.7 Å². The molecule has 1 amide bonds. The van der Waals surface area contributed by atoms with Gasteiger partial charge in [0, 0.05) is 17.5 Å². The van der Waals surface area contributed by atoms with Gasteiger partial charge in [0.05, 0.1) is 12.7 Å². The molecular formula is C22H21NO6. The van der Waals surface area contributed by atoms with Crippen molar-refractivity contribution in [2.45, 2.75) is 26.8 Å². The number of ether oxygens (including phenoxy) is 3. The smallest absolute Gasteiger partial charge is 0.310 e. The highest BCUT2D eigenvalue weighted by Crippen LogP contribution is 2.32. The maximum Gasteiger partial charge on any atom is 0.310 e. The van der Waals surface area contributed by atoms with E-state index in [1.54, 1.807) is 12.3 Å². The van der Waals surface area contributed by atoms with Crippen LogP contribution in [0.15, 0.2) is 41.0 Å². The lowest BCUT2D eigenvalue weighted by atomic mass is 10.0. The molecule has 1 aromatic heterocycles. The van der Waals surface area contributed by atoms with Gasteiger partial charge in [-0.15, -0.1) is 0 Å². The quantitative estimate of drug-likeness (QED) is 0.645. The van der Waals surface area contributed by atoms with E-state index in [1.165, 1.54) is 0 Å². The van der Waals surface area contributed by atoms with Crippen molar-refractivity contribution in [1.82, 2.24) is 5.32 Å². The van der Waals surface area contributed by atoms with E-state index in [4.69, 9.17) is 18.6 Å². The Kier molecular flexibility index (Phi) is 5.12. The number of hydrogen-bond acceptors (Lipinski definition) is 6. The topological polar surface area (TPSA) is 87.0 Å². The van der Waals surface area contributed by atoms with E-state index < -0.39 is 5.97 Å². The van der Waals surface area contributed by atoms with Crippen molar-refractivity contribution in [1.29, 1.82) is 0 Å². The van der Waals surface area contributed by atoms with Crippen molar-refractivity contribution in [3.8, 4) is 11.5 Å². The standard InChI is InChI=1S/C22H21NO6/c1-13-3-5-17-16(10-27-22(17)14(13)2)8-21(25)26-11-20(24)23-9-15-4-6-18-19(7-15)29-12-28-18/h3-7,10H,8-9,11-12H2,1-2H3,(H,23,24). The number of hydrogen-bond donors (Lipinski definition) is 1. The van der Waals surface area contributed by atoms with Crippen LogP contribution in [-0.4, -0.2) is 25.3 Å². The summed E-state index contributed by atoms with van der Waals surface area (Å²) in [6.07, 6.45) is 1.61. The van der Waals surface area contributed by atoms with Gasteiger partial charge in [0.1, 0.15) is 5.58 Å². The van der Waals surface area contributed by atoms with Gasteiger partial charge in [-0.1, -0.05) is 18.2 Å². The molecule has 0 unspecified atom stereocenters. The third kappa shape index (κ3) is 4.03. The Morgan fingerprint density at radius 2 is 1.93 bits per heavy atom. The molecule has 0 atom stereocenters. The fraction of sp³-hybridized carbons (Fsp3) is 0.273. The molecule has 0 aliphatic carbocycles. The largest absolute Gasteiger partial charge is 0.464 e. The molecule has 2 aromatic carbocycles. The number of fused-ring (bicyclic) bond motifs is 2. The Morgan fingerprint density at radius 3 is 2.79 bits per heavy atom. The first kappa shape index (κ1) is 18.9. The van der Waals surface area contributed by atoms with Crippen LogP contribution in [0.5, 0.6) is 11.5 Å². The zero-order chi connectivity index (χ0) is 20.4. The van der Waals surface area contributed by atoms with E-state index in [1.807, 2.05) is 38.1 Å². The highest BCUT2D eigenvalue weighted by Gasteiger charge is 2.16. The number of furan rings is 1. The van der Waals surface area contributed by atoms with Crippen LogP contribution in [0.4, 0.5) is 0 Å². The summed E-state index contributed by atoms with van der Waals surface area (Å²) < 4.78 is 21.3. The minimum absolute atomic E-state index is 0.0466. The Balaban J connectivity index is 1.27. The summed E-state index contributed by atoms with van der Waals surface area (Å²) in [5.74, 6) is 0.482. The van der Waals surface area contributed by atoms with Crippen LogP contribution in [-0.2, 0) is 27.3 Å². The number of rotatable bonds is 6. The van der Waals surface area contributed by atoms with E-state index in [-0.39, 0.29) is 25.7 Å². The van der Waals surface area contributed by atoms with Gasteiger partial charge in [0.25, 0.3) is 5.91 Å². The van der Waals surface area contributed by atoms with Crippen LogP contribution in [0.1, 0.15) is 22.3 Å². The molecule has 0 saturated heterocycles. The van der Waals surface area contributed by atoms with Crippen LogP contribution in [0.25, 0.3) is 11.0 Å². The van der Waals surface area contributed by atoms with E-state index in [9.17, 15) is 9.59 Å². The predicted octanol–water partition coefficient (Wildman–Crippen LogP) is 3.18. The van der Waals surface area contributed by atoms with Crippen molar-refractivity contribution >= 4 is 22.8 Å². The summed E-state index contributed by atoms with van der Waals surface area (Å²) in [7, 11) is 0. The van der Waals surface area contributed by atoms with Crippen molar-refractivity contribution in [2.75, 3.05) is 13.4 Å². The number of nitrogens with one attached hydrogen (secondary N) is 1. The molecule has 0 fully saturated rings. The maximum atomic E-state index is 12.1. The van der Waals surface area contributed by atoms with Crippen LogP contribution in [0, 0.1) is 13.8 Å². The summed E-state index contributed by atoms with van der Waals surface area (Å²) in [6, 6.07) is 9.37. The van der Waals surface area contributed by atoms with E-state index >= 15 is 0 Å². The Bertz CT molecular complexity index is 1080. The number of aryl methyl sites for hydroxylation is 2. The molecule has 0 radical (unpaired) electrons. The average molecular weight is 395 g/mol. The minimum atomic E-state index is -0.482. The number of benzene rings is 2. The van der Waals surface area contributed by atoms with Crippen molar-refractivity contribution in [3.05, 3.63) is 58.8 Å². The summed E-state index contributed by atoms with van der Waals surface area (Å²) in [4.78, 5) is 24.1. The predicted molar refractivity (Wildman–Crippen MR) is 105 cm³/mol. The Labute approximate surface area is 167 Å². The molecule has 0 spiro atoms. The zero-order valence-corrected chi connectivity index (χ0v) is 16.2. The third-order valence-electron chi connectivity index (χ3n) is 4.97. The molecule has 150 valence electrons. The molecule has 4 rings (SSSR count). The second-order valence-corrected chi connectivity index (χ2v) is 6.95. The van der Waals surface area contributed by atoms with Gasteiger partial charge in [-0.2, -0.15) is 0 Å². The molecule has 7 nitrogen and oxygen atoms in total. The van der Waals surface area contributed by atoms with Gasteiger partial charge in [-0.3, -0.25) is 9.59 Å². The first-order chi connectivity index (χ1) is 14.0. The van der Waals surface area contributed by atoms with E-state index in [2.05, 4.69) is 5.32 Å². The van der Waals surface area contributed by atoms with Gasteiger partial charge < -0.3 is 23.9 Å². The summed E-state index contributed by atoms with van der Waals surface area (Å²) in [6.45, 7) is 4.16. The minimum Gasteiger partial charge on any atom is -0.464 e. The van der Waals surface area contributed by atoms with Crippen LogP contribution < -0.4 is 14.8 Å². The molecule has 1 aliphatic heterocycles. The van der Waals surface area contributed by atoms with Crippen molar-refractivity contribution in [3.63, 3.8) is 0 Å². The van der Waals surface area contributed by atoms with Gasteiger partial charge in [0.2, 0.25) is 6.79 Å².